The lowest BCUT2D eigenvalue weighted by Crippen LogP contribution is -2.07. The van der Waals surface area contributed by atoms with Gasteiger partial charge in [-0.1, -0.05) is 40.2 Å². The van der Waals surface area contributed by atoms with Gasteiger partial charge in [0.15, 0.2) is 0 Å². The third kappa shape index (κ3) is 4.73. The molecule has 2 rings (SSSR count). The Kier molecular flexibility index (Phi) is 5.05. The van der Waals surface area contributed by atoms with Crippen LogP contribution in [0.25, 0.3) is 0 Å². The summed E-state index contributed by atoms with van der Waals surface area (Å²) in [7, 11) is 0. The van der Waals surface area contributed by atoms with Crippen molar-refractivity contribution in [3.63, 3.8) is 0 Å². The highest BCUT2D eigenvalue weighted by atomic mass is 79.9. The first kappa shape index (κ1) is 14.2. The number of hydrogen-bond donors (Lipinski definition) is 1. The topological polar surface area (TPSA) is 26.3 Å². The summed E-state index contributed by atoms with van der Waals surface area (Å²) in [5.74, 6) is -0.227. The van der Waals surface area contributed by atoms with Gasteiger partial charge in [0.05, 0.1) is 6.42 Å². The van der Waals surface area contributed by atoms with Crippen LogP contribution in [0.1, 0.15) is 11.1 Å². The van der Waals surface area contributed by atoms with Crippen LogP contribution >= 0.6 is 28.6 Å². The molecule has 98 valence electrons. The first-order chi connectivity index (χ1) is 9.13. The molecule has 0 N–H and O–H groups in total. The van der Waals surface area contributed by atoms with E-state index in [1.165, 1.54) is 0 Å². The molecule has 0 saturated heterocycles. The largest absolute Gasteiger partial charge is 0.461 e. The summed E-state index contributed by atoms with van der Waals surface area (Å²) in [6, 6.07) is 15.2. The summed E-state index contributed by atoms with van der Waals surface area (Å²) in [5, 5.41) is 0. The van der Waals surface area contributed by atoms with Gasteiger partial charge in [-0.3, -0.25) is 4.79 Å². The van der Waals surface area contributed by atoms with Crippen molar-refractivity contribution in [3.05, 3.63) is 64.1 Å². The maximum absolute atomic E-state index is 11.7. The Morgan fingerprint density at radius 2 is 1.58 bits per heavy atom. The van der Waals surface area contributed by atoms with Gasteiger partial charge in [-0.05, 0) is 35.4 Å². The normalized spacial score (nSPS) is 10.2. The minimum Gasteiger partial charge on any atom is -0.461 e. The molecule has 2 nitrogen and oxygen atoms in total. The molecule has 0 aliphatic heterocycles. The van der Waals surface area contributed by atoms with E-state index >= 15 is 0 Å². The summed E-state index contributed by atoms with van der Waals surface area (Å²) in [6.07, 6.45) is 0.282. The Morgan fingerprint density at radius 3 is 2.21 bits per heavy atom. The first-order valence-corrected chi connectivity index (χ1v) is 7.05. The van der Waals surface area contributed by atoms with Crippen LogP contribution < -0.4 is 0 Å². The Bertz CT molecular complexity index is 549. The molecule has 0 aliphatic carbocycles. The Labute approximate surface area is 126 Å². The van der Waals surface area contributed by atoms with E-state index in [-0.39, 0.29) is 12.4 Å². The highest BCUT2D eigenvalue weighted by molar-refractivity contribution is 9.10. The molecule has 2 aromatic rings. The number of thiol groups is 1. The Morgan fingerprint density at radius 1 is 1.00 bits per heavy atom. The second-order valence-electron chi connectivity index (χ2n) is 4.13. The van der Waals surface area contributed by atoms with Gasteiger partial charge in [0.2, 0.25) is 0 Å². The molecule has 0 amide bonds. The van der Waals surface area contributed by atoms with Crippen LogP contribution in [0.3, 0.4) is 0 Å². The minimum absolute atomic E-state index is 0.227. The number of benzene rings is 2. The third-order valence-corrected chi connectivity index (χ3v) is 3.42. The van der Waals surface area contributed by atoms with Gasteiger partial charge in [0.25, 0.3) is 0 Å². The van der Waals surface area contributed by atoms with E-state index in [4.69, 9.17) is 4.74 Å². The molecule has 0 bridgehead atoms. The van der Waals surface area contributed by atoms with Gasteiger partial charge in [-0.2, -0.15) is 0 Å². The van der Waals surface area contributed by atoms with Crippen LogP contribution in [-0.2, 0) is 22.6 Å². The summed E-state index contributed by atoms with van der Waals surface area (Å²) in [5.41, 5.74) is 1.90. The molecule has 0 fully saturated rings. The van der Waals surface area contributed by atoms with Crippen molar-refractivity contribution in [1.29, 1.82) is 0 Å². The number of esters is 1. The van der Waals surface area contributed by atoms with E-state index in [1.807, 2.05) is 48.5 Å². The zero-order valence-electron chi connectivity index (χ0n) is 10.2. The van der Waals surface area contributed by atoms with E-state index < -0.39 is 0 Å². The van der Waals surface area contributed by atoms with Crippen LogP contribution in [0, 0.1) is 0 Å². The number of carbonyl (C=O) groups excluding carboxylic acids is 1. The number of rotatable bonds is 4. The molecule has 0 aromatic heterocycles. The van der Waals surface area contributed by atoms with Gasteiger partial charge in [0.1, 0.15) is 6.61 Å². The SMILES string of the molecule is O=C(Cc1ccc(S)cc1)OCc1ccc(Br)cc1. The number of hydrogen-bond acceptors (Lipinski definition) is 3. The second kappa shape index (κ2) is 6.78. The fourth-order valence-corrected chi connectivity index (χ4v) is 1.99. The monoisotopic (exact) mass is 336 g/mol. The van der Waals surface area contributed by atoms with E-state index in [0.29, 0.717) is 6.61 Å². The summed E-state index contributed by atoms with van der Waals surface area (Å²) < 4.78 is 6.24. The van der Waals surface area contributed by atoms with Gasteiger partial charge in [-0.25, -0.2) is 0 Å². The summed E-state index contributed by atoms with van der Waals surface area (Å²) in [6.45, 7) is 0.302. The van der Waals surface area contributed by atoms with Crippen LogP contribution in [0.15, 0.2) is 57.9 Å². The molecule has 0 spiro atoms. The number of carbonyl (C=O) groups is 1. The third-order valence-electron chi connectivity index (χ3n) is 2.60. The van der Waals surface area contributed by atoms with Crippen molar-refractivity contribution < 1.29 is 9.53 Å². The zero-order chi connectivity index (χ0) is 13.7. The van der Waals surface area contributed by atoms with Crippen LogP contribution in [0.5, 0.6) is 0 Å². The molecule has 0 aliphatic rings. The predicted molar refractivity (Wildman–Crippen MR) is 81.3 cm³/mol. The Hall–Kier alpha value is -1.26. The van der Waals surface area contributed by atoms with E-state index in [2.05, 4.69) is 28.6 Å². The predicted octanol–water partition coefficient (Wildman–Crippen LogP) is 4.02. The molecule has 0 atom stereocenters. The van der Waals surface area contributed by atoms with E-state index in [1.54, 1.807) is 0 Å². The van der Waals surface area contributed by atoms with Gasteiger partial charge in [-0.15, -0.1) is 12.6 Å². The highest BCUT2D eigenvalue weighted by Gasteiger charge is 2.05. The van der Waals surface area contributed by atoms with Crippen LogP contribution in [0.2, 0.25) is 0 Å². The lowest BCUT2D eigenvalue weighted by molar-refractivity contribution is -0.144. The molecule has 4 heteroatoms. The molecule has 0 heterocycles. The van der Waals surface area contributed by atoms with Crippen molar-refractivity contribution in [2.75, 3.05) is 0 Å². The lowest BCUT2D eigenvalue weighted by Gasteiger charge is -2.05. The second-order valence-corrected chi connectivity index (χ2v) is 5.56. The quantitative estimate of drug-likeness (QED) is 0.674. The van der Waals surface area contributed by atoms with Gasteiger partial charge in [0, 0.05) is 9.37 Å². The van der Waals surface area contributed by atoms with Crippen molar-refractivity contribution in [2.24, 2.45) is 0 Å². The van der Waals surface area contributed by atoms with Gasteiger partial charge < -0.3 is 4.74 Å². The summed E-state index contributed by atoms with van der Waals surface area (Å²) in [4.78, 5) is 12.6. The lowest BCUT2D eigenvalue weighted by atomic mass is 10.1. The zero-order valence-corrected chi connectivity index (χ0v) is 12.7. The van der Waals surface area contributed by atoms with Crippen molar-refractivity contribution in [3.8, 4) is 0 Å². The molecule has 2 aromatic carbocycles. The summed E-state index contributed by atoms with van der Waals surface area (Å²) >= 11 is 7.56. The first-order valence-electron chi connectivity index (χ1n) is 5.81. The highest BCUT2D eigenvalue weighted by Crippen LogP contribution is 2.12. The van der Waals surface area contributed by atoms with Crippen LogP contribution in [0.4, 0.5) is 0 Å². The van der Waals surface area contributed by atoms with E-state index in [0.717, 1.165) is 20.5 Å². The number of ether oxygens (including phenoxy) is 1. The standard InChI is InChI=1S/C15H13BrO2S/c16-13-5-1-12(2-6-13)10-18-15(17)9-11-3-7-14(19)8-4-11/h1-8,19H,9-10H2. The molecular weight excluding hydrogens is 324 g/mol. The van der Waals surface area contributed by atoms with Gasteiger partial charge >= 0.3 is 5.97 Å². The average molecular weight is 337 g/mol. The van der Waals surface area contributed by atoms with Crippen molar-refractivity contribution in [1.82, 2.24) is 0 Å². The maximum atomic E-state index is 11.7. The molecule has 19 heavy (non-hydrogen) atoms. The molecular formula is C15H13BrO2S. The molecule has 0 unspecified atom stereocenters. The fraction of sp³-hybridized carbons (Fsp3) is 0.133. The molecule has 0 saturated carbocycles. The Balaban J connectivity index is 1.84. The molecule has 0 radical (unpaired) electrons. The van der Waals surface area contributed by atoms with Crippen molar-refractivity contribution in [2.45, 2.75) is 17.9 Å². The average Bonchev–Trinajstić information content (AvgIpc) is 2.41. The van der Waals surface area contributed by atoms with Crippen molar-refractivity contribution >= 4 is 34.5 Å². The maximum Gasteiger partial charge on any atom is 0.310 e. The smallest absolute Gasteiger partial charge is 0.310 e. The fourth-order valence-electron chi connectivity index (χ4n) is 1.58. The minimum atomic E-state index is -0.227. The van der Waals surface area contributed by atoms with E-state index in [9.17, 15) is 4.79 Å². The number of halogens is 1. The van der Waals surface area contributed by atoms with Crippen LogP contribution in [-0.4, -0.2) is 5.97 Å².